The van der Waals surface area contributed by atoms with Crippen molar-refractivity contribution in [2.45, 2.75) is 25.7 Å². The van der Waals surface area contributed by atoms with Gasteiger partial charge in [0.15, 0.2) is 0 Å². The molecule has 0 atom stereocenters. The molecule has 10 heteroatoms. The third-order valence-electron chi connectivity index (χ3n) is 5.28. The third kappa shape index (κ3) is 6.21. The van der Waals surface area contributed by atoms with Gasteiger partial charge < -0.3 is 9.47 Å². The number of benzene rings is 3. The third-order valence-corrected chi connectivity index (χ3v) is 5.28. The van der Waals surface area contributed by atoms with Gasteiger partial charge >= 0.3 is 12.3 Å². The van der Waals surface area contributed by atoms with Crippen LogP contribution in [0.15, 0.2) is 83.9 Å². The van der Waals surface area contributed by atoms with E-state index in [1.807, 2.05) is 30.3 Å². The Kier molecular flexibility index (Phi) is 7.53. The minimum atomic E-state index is -4.52. The Morgan fingerprint density at radius 3 is 2.53 bits per heavy atom. The summed E-state index contributed by atoms with van der Waals surface area (Å²) in [6, 6.07) is 18.9. The van der Waals surface area contributed by atoms with Crippen LogP contribution in [0.1, 0.15) is 17.5 Å². The SMILES string of the molecule is O=C(Nc1ccc2ncn(CCCOc3ccccc3C(F)(F)F)c(=O)c2c1)OCc1ccccc1. The average Bonchev–Trinajstić information content (AvgIpc) is 2.87. The summed E-state index contributed by atoms with van der Waals surface area (Å²) in [5, 5.41) is 2.87. The first-order valence-electron chi connectivity index (χ1n) is 11.1. The highest BCUT2D eigenvalue weighted by Crippen LogP contribution is 2.35. The molecule has 0 saturated carbocycles. The molecule has 1 heterocycles. The van der Waals surface area contributed by atoms with Crippen molar-refractivity contribution in [3.8, 4) is 5.75 Å². The van der Waals surface area contributed by atoms with Crippen LogP contribution in [0, 0.1) is 0 Å². The number of halogens is 3. The van der Waals surface area contributed by atoms with Crippen LogP contribution in [0.5, 0.6) is 5.75 Å². The number of carbonyl (C=O) groups excluding carboxylic acids is 1. The van der Waals surface area contributed by atoms with Gasteiger partial charge in [0, 0.05) is 12.2 Å². The Balaban J connectivity index is 1.37. The largest absolute Gasteiger partial charge is 0.493 e. The highest BCUT2D eigenvalue weighted by molar-refractivity contribution is 5.89. The average molecular weight is 497 g/mol. The van der Waals surface area contributed by atoms with Crippen molar-refractivity contribution in [2.75, 3.05) is 11.9 Å². The summed E-state index contributed by atoms with van der Waals surface area (Å²) in [6.45, 7) is 0.267. The standard InChI is InChI=1S/C26H22F3N3O4/c27-26(28,29)21-9-4-5-10-23(21)35-14-6-13-32-17-30-22-12-11-19(15-20(22)24(32)33)31-25(34)36-16-18-7-2-1-3-8-18/h1-5,7-12,15,17H,6,13-14,16H2,(H,31,34). The number of ether oxygens (including phenoxy) is 2. The van der Waals surface area contributed by atoms with E-state index >= 15 is 0 Å². The number of fused-ring (bicyclic) bond motifs is 1. The quantitative estimate of drug-likeness (QED) is 0.319. The summed E-state index contributed by atoms with van der Waals surface area (Å²) < 4.78 is 51.1. The topological polar surface area (TPSA) is 82.5 Å². The Morgan fingerprint density at radius 1 is 1.00 bits per heavy atom. The molecule has 0 bridgehead atoms. The number of amides is 1. The Bertz CT molecular complexity index is 1410. The number of aromatic nitrogens is 2. The summed E-state index contributed by atoms with van der Waals surface area (Å²) in [6.07, 6.45) is -3.53. The van der Waals surface area contributed by atoms with Gasteiger partial charge in [-0.15, -0.1) is 0 Å². The van der Waals surface area contributed by atoms with Crippen LogP contribution in [0.4, 0.5) is 23.7 Å². The second-order valence-corrected chi connectivity index (χ2v) is 7.86. The highest BCUT2D eigenvalue weighted by atomic mass is 19.4. The number of anilines is 1. The second-order valence-electron chi connectivity index (χ2n) is 7.86. The van der Waals surface area contributed by atoms with Crippen molar-refractivity contribution < 1.29 is 27.4 Å². The Labute approximate surface area is 204 Å². The molecule has 0 aliphatic rings. The maximum Gasteiger partial charge on any atom is 0.419 e. The summed E-state index contributed by atoms with van der Waals surface area (Å²) in [5.74, 6) is -0.260. The van der Waals surface area contributed by atoms with Crippen molar-refractivity contribution in [2.24, 2.45) is 0 Å². The molecule has 0 saturated heterocycles. The Morgan fingerprint density at radius 2 is 1.75 bits per heavy atom. The molecule has 4 rings (SSSR count). The van der Waals surface area contributed by atoms with E-state index in [-0.39, 0.29) is 42.9 Å². The molecule has 1 N–H and O–H groups in total. The van der Waals surface area contributed by atoms with Crippen molar-refractivity contribution in [3.05, 3.63) is 101 Å². The maximum atomic E-state index is 13.1. The molecule has 0 aliphatic heterocycles. The zero-order valence-corrected chi connectivity index (χ0v) is 19.0. The number of nitrogens with zero attached hydrogens (tertiary/aromatic N) is 2. The van der Waals surface area contributed by atoms with E-state index in [1.54, 1.807) is 12.1 Å². The second kappa shape index (κ2) is 10.9. The normalized spacial score (nSPS) is 11.3. The maximum absolute atomic E-state index is 13.1. The van der Waals surface area contributed by atoms with Crippen LogP contribution in [-0.2, 0) is 24.1 Å². The van der Waals surface area contributed by atoms with E-state index in [9.17, 15) is 22.8 Å². The lowest BCUT2D eigenvalue weighted by molar-refractivity contribution is -0.139. The lowest BCUT2D eigenvalue weighted by Gasteiger charge is -2.14. The van der Waals surface area contributed by atoms with Gasteiger partial charge in [0.25, 0.3) is 5.56 Å². The van der Waals surface area contributed by atoms with E-state index in [4.69, 9.17) is 9.47 Å². The van der Waals surface area contributed by atoms with Crippen LogP contribution in [0.3, 0.4) is 0 Å². The predicted octanol–water partition coefficient (Wildman–Crippen LogP) is 5.63. The van der Waals surface area contributed by atoms with E-state index in [0.29, 0.717) is 11.2 Å². The lowest BCUT2D eigenvalue weighted by Crippen LogP contribution is -2.22. The van der Waals surface area contributed by atoms with Crippen molar-refractivity contribution >= 4 is 22.7 Å². The van der Waals surface area contributed by atoms with Crippen LogP contribution < -0.4 is 15.6 Å². The number of nitrogens with one attached hydrogen (secondary N) is 1. The molecule has 36 heavy (non-hydrogen) atoms. The molecule has 4 aromatic rings. The number of hydrogen-bond acceptors (Lipinski definition) is 5. The fourth-order valence-electron chi connectivity index (χ4n) is 3.52. The van der Waals surface area contributed by atoms with Gasteiger partial charge in [0.05, 0.1) is 29.4 Å². The monoisotopic (exact) mass is 497 g/mol. The first-order valence-corrected chi connectivity index (χ1v) is 11.1. The first-order chi connectivity index (χ1) is 17.3. The molecule has 7 nitrogen and oxygen atoms in total. The van der Waals surface area contributed by atoms with Gasteiger partial charge in [-0.1, -0.05) is 42.5 Å². The van der Waals surface area contributed by atoms with Gasteiger partial charge in [0.1, 0.15) is 12.4 Å². The van der Waals surface area contributed by atoms with Crippen molar-refractivity contribution in [1.29, 1.82) is 0 Å². The van der Waals surface area contributed by atoms with E-state index in [2.05, 4.69) is 10.3 Å². The minimum Gasteiger partial charge on any atom is -0.493 e. The van der Waals surface area contributed by atoms with Gasteiger partial charge in [-0.05, 0) is 42.3 Å². The minimum absolute atomic E-state index is 0.0214. The fourth-order valence-corrected chi connectivity index (χ4v) is 3.52. The molecule has 1 amide bonds. The number of para-hydroxylation sites is 1. The highest BCUT2D eigenvalue weighted by Gasteiger charge is 2.33. The molecular weight excluding hydrogens is 475 g/mol. The van der Waals surface area contributed by atoms with Crippen LogP contribution in [-0.4, -0.2) is 22.3 Å². The summed E-state index contributed by atoms with van der Waals surface area (Å²) >= 11 is 0. The number of aryl methyl sites for hydroxylation is 1. The molecule has 0 unspecified atom stereocenters. The van der Waals surface area contributed by atoms with E-state index in [1.165, 1.54) is 35.2 Å². The summed E-state index contributed by atoms with van der Waals surface area (Å²) in [5.41, 5.74) is 0.442. The van der Waals surface area contributed by atoms with Gasteiger partial charge in [-0.3, -0.25) is 14.7 Å². The van der Waals surface area contributed by atoms with Gasteiger partial charge in [0.2, 0.25) is 0 Å². The molecule has 0 radical (unpaired) electrons. The molecule has 0 fully saturated rings. The van der Waals surface area contributed by atoms with E-state index in [0.717, 1.165) is 11.6 Å². The van der Waals surface area contributed by atoms with Crippen molar-refractivity contribution in [3.63, 3.8) is 0 Å². The smallest absolute Gasteiger partial charge is 0.419 e. The molecular formula is C26H22F3N3O4. The van der Waals surface area contributed by atoms with Crippen LogP contribution >= 0.6 is 0 Å². The van der Waals surface area contributed by atoms with Crippen LogP contribution in [0.25, 0.3) is 10.9 Å². The summed E-state index contributed by atoms with van der Waals surface area (Å²) in [4.78, 5) is 29.3. The van der Waals surface area contributed by atoms with E-state index < -0.39 is 17.8 Å². The zero-order valence-electron chi connectivity index (χ0n) is 19.0. The summed E-state index contributed by atoms with van der Waals surface area (Å²) in [7, 11) is 0. The van der Waals surface area contributed by atoms with Crippen LogP contribution in [0.2, 0.25) is 0 Å². The molecule has 0 spiro atoms. The number of carbonyl (C=O) groups is 1. The molecule has 186 valence electrons. The van der Waals surface area contributed by atoms with Crippen molar-refractivity contribution in [1.82, 2.24) is 9.55 Å². The number of hydrogen-bond donors (Lipinski definition) is 1. The molecule has 3 aromatic carbocycles. The molecule has 0 aliphatic carbocycles. The first kappa shape index (κ1) is 24.8. The lowest BCUT2D eigenvalue weighted by atomic mass is 10.2. The number of rotatable bonds is 8. The zero-order chi connectivity index (χ0) is 25.5. The fraction of sp³-hybridized carbons (Fsp3) is 0.192. The van der Waals surface area contributed by atoms with Gasteiger partial charge in [-0.25, -0.2) is 9.78 Å². The van der Waals surface area contributed by atoms with Gasteiger partial charge in [-0.2, -0.15) is 13.2 Å². The Hall–Kier alpha value is -4.34. The predicted molar refractivity (Wildman–Crippen MR) is 128 cm³/mol. The molecule has 1 aromatic heterocycles. The number of alkyl halides is 3.